The van der Waals surface area contributed by atoms with Crippen LogP contribution in [0.1, 0.15) is 33.4 Å². The van der Waals surface area contributed by atoms with Crippen LogP contribution < -0.4 is 48.0 Å². The highest BCUT2D eigenvalue weighted by Crippen LogP contribution is 2.42. The first-order valence-corrected chi connectivity index (χ1v) is 19.9. The van der Waals surface area contributed by atoms with Gasteiger partial charge in [-0.3, -0.25) is 9.69 Å². The Morgan fingerprint density at radius 1 is 0.439 bits per heavy atom. The number of anilines is 6. The second kappa shape index (κ2) is 13.3. The molecule has 0 amide bonds. The molecule has 57 heavy (non-hydrogen) atoms. The van der Waals surface area contributed by atoms with E-state index in [1.165, 1.54) is 38.6 Å². The fraction of sp³-hybridized carbons (Fsp3) is 0.118. The molecule has 0 saturated carbocycles. The molecule has 0 bridgehead atoms. The lowest BCUT2D eigenvalue weighted by Gasteiger charge is -2.41. The van der Waals surface area contributed by atoms with E-state index < -0.39 is 0 Å². The summed E-state index contributed by atoms with van der Waals surface area (Å²) >= 11 is 0. The van der Waals surface area contributed by atoms with Gasteiger partial charge in [0.25, 0.3) is 6.71 Å². The molecule has 0 aliphatic carbocycles. The van der Waals surface area contributed by atoms with Gasteiger partial charge in [0.15, 0.2) is 5.43 Å². The van der Waals surface area contributed by atoms with Crippen molar-refractivity contribution in [1.29, 1.82) is 0 Å². The summed E-state index contributed by atoms with van der Waals surface area (Å²) in [5.74, 6) is 0.561. The molecule has 2 aliphatic rings. The molecule has 0 atom stereocenters. The SMILES string of the molecule is Cc1cc(C)c(B2c3ccccc3N(c3ccccc3)c3cc4c(cc32)B(c2c(C)cc(C)cc2C)c2c(oc3ccccc3c2=O)N4c2ccccc2)c(C)c1. The number of nitrogens with zero attached hydrogens (tertiary/aromatic N) is 2. The molecule has 274 valence electrons. The third-order valence-electron chi connectivity index (χ3n) is 12.2. The van der Waals surface area contributed by atoms with Crippen molar-refractivity contribution in [3.05, 3.63) is 189 Å². The summed E-state index contributed by atoms with van der Waals surface area (Å²) in [4.78, 5) is 19.8. The third-order valence-corrected chi connectivity index (χ3v) is 12.2. The van der Waals surface area contributed by atoms with E-state index in [0.29, 0.717) is 22.3 Å². The summed E-state index contributed by atoms with van der Waals surface area (Å²) in [6.07, 6.45) is 0. The highest BCUT2D eigenvalue weighted by molar-refractivity contribution is 7.01. The maximum atomic E-state index is 15.2. The first kappa shape index (κ1) is 34.9. The molecule has 0 radical (unpaired) electrons. The lowest BCUT2D eigenvalue weighted by molar-refractivity contribution is 0.612. The largest absolute Gasteiger partial charge is 0.440 e. The van der Waals surface area contributed by atoms with Crippen molar-refractivity contribution in [1.82, 2.24) is 0 Å². The Bertz CT molecular complexity index is 2930. The first-order valence-electron chi connectivity index (χ1n) is 19.9. The van der Waals surface area contributed by atoms with Crippen LogP contribution in [-0.4, -0.2) is 13.4 Å². The minimum atomic E-state index is -0.384. The number of aryl methyl sites for hydroxylation is 6. The summed E-state index contributed by atoms with van der Waals surface area (Å²) < 4.78 is 7.00. The van der Waals surface area contributed by atoms with Crippen LogP contribution in [0, 0.1) is 41.5 Å². The molecule has 1 aromatic heterocycles. The molecule has 0 saturated heterocycles. The minimum Gasteiger partial charge on any atom is -0.440 e. The lowest BCUT2D eigenvalue weighted by Crippen LogP contribution is -2.65. The van der Waals surface area contributed by atoms with Crippen molar-refractivity contribution in [2.45, 2.75) is 41.5 Å². The normalized spacial score (nSPS) is 13.0. The van der Waals surface area contributed by atoms with Crippen molar-refractivity contribution < 1.29 is 4.42 Å². The van der Waals surface area contributed by atoms with Gasteiger partial charge in [0.1, 0.15) is 5.58 Å². The van der Waals surface area contributed by atoms with Crippen LogP contribution in [0.3, 0.4) is 0 Å². The topological polar surface area (TPSA) is 36.7 Å². The molecule has 4 nitrogen and oxygen atoms in total. The average Bonchev–Trinajstić information content (AvgIpc) is 3.20. The number of benzene rings is 7. The molecule has 10 rings (SSSR count). The lowest BCUT2D eigenvalue weighted by atomic mass is 9.30. The van der Waals surface area contributed by atoms with Crippen LogP contribution >= 0.6 is 0 Å². The molecular weight excluding hydrogens is 694 g/mol. The summed E-state index contributed by atoms with van der Waals surface area (Å²) in [6, 6.07) is 51.5. The Balaban J connectivity index is 1.39. The molecule has 3 heterocycles. The first-order chi connectivity index (χ1) is 27.7. The van der Waals surface area contributed by atoms with Crippen LogP contribution in [0.2, 0.25) is 0 Å². The van der Waals surface area contributed by atoms with E-state index in [1.54, 1.807) is 0 Å². The summed E-state index contributed by atoms with van der Waals surface area (Å²) in [5.41, 5.74) is 19.8. The van der Waals surface area contributed by atoms with Crippen LogP contribution in [-0.2, 0) is 0 Å². The highest BCUT2D eigenvalue weighted by Gasteiger charge is 2.45. The van der Waals surface area contributed by atoms with Gasteiger partial charge < -0.3 is 9.32 Å². The van der Waals surface area contributed by atoms with Gasteiger partial charge >= 0.3 is 0 Å². The fourth-order valence-corrected chi connectivity index (χ4v) is 10.1. The minimum absolute atomic E-state index is 0.00134. The van der Waals surface area contributed by atoms with Gasteiger partial charge in [0, 0.05) is 33.9 Å². The van der Waals surface area contributed by atoms with Crippen LogP contribution in [0.15, 0.2) is 155 Å². The standard InChI is InChI=1S/C51H42B2N2O2/c1-31-25-33(3)47(34(4)26-31)52-40-22-14-15-23-43(40)54(37-17-9-7-10-18-37)44-30-45-42(29-41(44)52)53(48-35(5)27-32(2)28-36(48)6)49-50(56)39-21-13-16-24-46(39)57-51(49)55(45)38-19-11-8-12-20-38/h7-30H,1-6H3. The number of hydrogen-bond acceptors (Lipinski definition) is 4. The van der Waals surface area contributed by atoms with Gasteiger partial charge in [-0.1, -0.05) is 141 Å². The number of para-hydroxylation sites is 4. The Morgan fingerprint density at radius 3 is 1.56 bits per heavy atom. The van der Waals surface area contributed by atoms with Crippen LogP contribution in [0.4, 0.5) is 34.3 Å². The van der Waals surface area contributed by atoms with E-state index in [2.05, 4.69) is 167 Å². The summed E-state index contributed by atoms with van der Waals surface area (Å²) in [6.45, 7) is 12.8. The maximum absolute atomic E-state index is 15.2. The molecule has 0 fully saturated rings. The average molecular weight is 737 g/mol. The molecule has 0 N–H and O–H groups in total. The van der Waals surface area contributed by atoms with Gasteiger partial charge in [-0.2, -0.15) is 0 Å². The second-order valence-electron chi connectivity index (χ2n) is 16.0. The number of rotatable bonds is 4. The molecular formula is C51H42B2N2O2. The van der Waals surface area contributed by atoms with Crippen LogP contribution in [0.5, 0.6) is 0 Å². The van der Waals surface area contributed by atoms with Crippen LogP contribution in [0.25, 0.3) is 11.0 Å². The molecule has 2 aliphatic heterocycles. The van der Waals surface area contributed by atoms with Gasteiger partial charge in [0.2, 0.25) is 12.6 Å². The summed E-state index contributed by atoms with van der Waals surface area (Å²) in [7, 11) is 0. The second-order valence-corrected chi connectivity index (χ2v) is 16.0. The number of hydrogen-bond donors (Lipinski definition) is 0. The van der Waals surface area contributed by atoms with E-state index in [9.17, 15) is 0 Å². The van der Waals surface area contributed by atoms with E-state index in [1.807, 2.05) is 30.3 Å². The fourth-order valence-electron chi connectivity index (χ4n) is 10.1. The van der Waals surface area contributed by atoms with Crippen molar-refractivity contribution >= 4 is 91.5 Å². The van der Waals surface area contributed by atoms with E-state index in [0.717, 1.165) is 50.5 Å². The van der Waals surface area contributed by atoms with Gasteiger partial charge in [-0.15, -0.1) is 0 Å². The predicted molar refractivity (Wildman–Crippen MR) is 242 cm³/mol. The Hall–Kier alpha value is -6.52. The van der Waals surface area contributed by atoms with Gasteiger partial charge in [0.05, 0.1) is 5.39 Å². The molecule has 7 aromatic carbocycles. The van der Waals surface area contributed by atoms with E-state index in [-0.39, 0.29) is 18.9 Å². The van der Waals surface area contributed by atoms with Gasteiger partial charge in [-0.05, 0) is 106 Å². The highest BCUT2D eigenvalue weighted by atomic mass is 16.4. The monoisotopic (exact) mass is 736 g/mol. The molecule has 0 unspecified atom stereocenters. The summed E-state index contributed by atoms with van der Waals surface area (Å²) in [5, 5.41) is 0.589. The maximum Gasteiger partial charge on any atom is 0.256 e. The van der Waals surface area contributed by atoms with Gasteiger partial charge in [-0.25, -0.2) is 0 Å². The van der Waals surface area contributed by atoms with E-state index in [4.69, 9.17) is 4.42 Å². The zero-order valence-corrected chi connectivity index (χ0v) is 33.2. The predicted octanol–water partition coefficient (Wildman–Crippen LogP) is 8.24. The Morgan fingerprint density at radius 2 is 0.930 bits per heavy atom. The van der Waals surface area contributed by atoms with Crippen molar-refractivity contribution in [2.24, 2.45) is 0 Å². The smallest absolute Gasteiger partial charge is 0.256 e. The quantitative estimate of drug-likeness (QED) is 0.171. The van der Waals surface area contributed by atoms with Crippen molar-refractivity contribution in [3.63, 3.8) is 0 Å². The molecule has 0 spiro atoms. The van der Waals surface area contributed by atoms with Crippen molar-refractivity contribution in [3.8, 4) is 0 Å². The third kappa shape index (κ3) is 5.42. The molecule has 8 aromatic rings. The Kier molecular flexibility index (Phi) is 8.16. The Labute approximate surface area is 335 Å². The van der Waals surface area contributed by atoms with E-state index >= 15 is 4.79 Å². The zero-order valence-electron chi connectivity index (χ0n) is 33.2. The zero-order chi connectivity index (χ0) is 39.1. The van der Waals surface area contributed by atoms with Crippen molar-refractivity contribution in [2.75, 3.05) is 9.80 Å². The molecule has 6 heteroatoms. The number of fused-ring (bicyclic) bond motifs is 5.